The van der Waals surface area contributed by atoms with E-state index in [1.165, 1.54) is 12.8 Å². The second-order valence-corrected chi connectivity index (χ2v) is 6.93. The molecule has 1 aliphatic carbocycles. The number of anilines is 1. The highest BCUT2D eigenvalue weighted by Gasteiger charge is 2.19. The number of ether oxygens (including phenoxy) is 3. The molecule has 1 aromatic carbocycles. The number of methoxy groups -OCH3 is 2. The van der Waals surface area contributed by atoms with Crippen molar-refractivity contribution in [2.24, 2.45) is 0 Å². The molecule has 1 saturated carbocycles. The Kier molecular flexibility index (Phi) is 5.67. The van der Waals surface area contributed by atoms with Crippen LogP contribution < -0.4 is 15.2 Å². The average Bonchev–Trinajstić information content (AvgIpc) is 3.13. The molecule has 0 radical (unpaired) electrons. The van der Waals surface area contributed by atoms with Gasteiger partial charge >= 0.3 is 0 Å². The van der Waals surface area contributed by atoms with Gasteiger partial charge in [-0.25, -0.2) is 4.98 Å². The van der Waals surface area contributed by atoms with Crippen LogP contribution in [-0.4, -0.2) is 25.3 Å². The summed E-state index contributed by atoms with van der Waals surface area (Å²) in [5, 5.41) is 0. The molecule has 5 heteroatoms. The van der Waals surface area contributed by atoms with Crippen LogP contribution in [0.4, 0.5) is 5.69 Å². The van der Waals surface area contributed by atoms with Gasteiger partial charge in [0.25, 0.3) is 0 Å². The molecule has 0 spiro atoms. The quantitative estimate of drug-likeness (QED) is 0.776. The maximum atomic E-state index is 6.15. The monoisotopic (exact) mass is 356 g/mol. The van der Waals surface area contributed by atoms with Crippen LogP contribution in [0.3, 0.4) is 0 Å². The third-order valence-electron chi connectivity index (χ3n) is 5.07. The largest absolute Gasteiger partial charge is 0.496 e. The van der Waals surface area contributed by atoms with Crippen LogP contribution in [-0.2, 0) is 11.3 Å². The van der Waals surface area contributed by atoms with Gasteiger partial charge in [0.15, 0.2) is 0 Å². The minimum Gasteiger partial charge on any atom is -0.496 e. The summed E-state index contributed by atoms with van der Waals surface area (Å²) in [5.74, 6) is 1.32. The van der Waals surface area contributed by atoms with Crippen molar-refractivity contribution in [2.45, 2.75) is 52.2 Å². The van der Waals surface area contributed by atoms with Crippen LogP contribution in [0.2, 0.25) is 0 Å². The number of hydrogen-bond donors (Lipinski definition) is 1. The summed E-state index contributed by atoms with van der Waals surface area (Å²) < 4.78 is 17.1. The van der Waals surface area contributed by atoms with Crippen molar-refractivity contribution in [1.29, 1.82) is 0 Å². The third-order valence-corrected chi connectivity index (χ3v) is 5.07. The summed E-state index contributed by atoms with van der Waals surface area (Å²) in [4.78, 5) is 4.70. The Morgan fingerprint density at radius 1 is 1.08 bits per heavy atom. The van der Waals surface area contributed by atoms with Crippen molar-refractivity contribution in [3.8, 4) is 22.9 Å². The zero-order valence-electron chi connectivity index (χ0n) is 16.1. The van der Waals surface area contributed by atoms with E-state index in [-0.39, 0.29) is 0 Å². The van der Waals surface area contributed by atoms with Crippen LogP contribution in [0.5, 0.6) is 11.6 Å². The standard InChI is InChI=1S/C21H28N2O3/c1-13-9-16(22)10-15(12-26-17-7-5-6-8-17)20(13)18-11-19(24-3)14(2)21(23-18)25-4/h9-11,17H,5-8,12,22H2,1-4H3. The molecule has 0 atom stereocenters. The lowest BCUT2D eigenvalue weighted by Gasteiger charge is -2.18. The minimum atomic E-state index is 0.347. The first-order valence-corrected chi connectivity index (χ1v) is 9.14. The first kappa shape index (κ1) is 18.5. The summed E-state index contributed by atoms with van der Waals surface area (Å²) in [6, 6.07) is 5.90. The molecule has 5 nitrogen and oxygen atoms in total. The number of benzene rings is 1. The lowest BCUT2D eigenvalue weighted by atomic mass is 9.97. The molecule has 140 valence electrons. The number of nitrogens with zero attached hydrogens (tertiary/aromatic N) is 1. The highest BCUT2D eigenvalue weighted by molar-refractivity contribution is 5.73. The lowest BCUT2D eigenvalue weighted by Crippen LogP contribution is -2.09. The van der Waals surface area contributed by atoms with Gasteiger partial charge in [-0.15, -0.1) is 0 Å². The number of nitrogen functional groups attached to an aromatic ring is 1. The van der Waals surface area contributed by atoms with Gasteiger partial charge in [0.1, 0.15) is 5.75 Å². The van der Waals surface area contributed by atoms with E-state index < -0.39 is 0 Å². The van der Waals surface area contributed by atoms with Gasteiger partial charge < -0.3 is 19.9 Å². The molecule has 26 heavy (non-hydrogen) atoms. The van der Waals surface area contributed by atoms with Crippen molar-refractivity contribution in [1.82, 2.24) is 4.98 Å². The number of nitrogens with two attached hydrogens (primary N) is 1. The SMILES string of the molecule is COc1cc(-c2c(C)cc(N)cc2COC2CCCC2)nc(OC)c1C. The first-order chi connectivity index (χ1) is 12.5. The number of hydrogen-bond acceptors (Lipinski definition) is 5. The predicted molar refractivity (Wildman–Crippen MR) is 104 cm³/mol. The Morgan fingerprint density at radius 3 is 2.46 bits per heavy atom. The summed E-state index contributed by atoms with van der Waals surface area (Å²) in [6.07, 6.45) is 5.13. The Balaban J connectivity index is 2.03. The number of rotatable bonds is 6. The Labute approximate surface area is 155 Å². The molecule has 1 fully saturated rings. The number of aryl methyl sites for hydroxylation is 1. The fourth-order valence-corrected chi connectivity index (χ4v) is 3.74. The minimum absolute atomic E-state index is 0.347. The average molecular weight is 356 g/mol. The highest BCUT2D eigenvalue weighted by Crippen LogP contribution is 2.36. The van der Waals surface area contributed by atoms with E-state index >= 15 is 0 Å². The van der Waals surface area contributed by atoms with Gasteiger partial charge in [0, 0.05) is 17.3 Å². The van der Waals surface area contributed by atoms with Crippen LogP contribution in [0.15, 0.2) is 18.2 Å². The Hall–Kier alpha value is -2.27. The molecule has 0 saturated heterocycles. The molecule has 0 amide bonds. The van der Waals surface area contributed by atoms with E-state index in [1.807, 2.05) is 32.0 Å². The molecule has 2 aromatic rings. The third kappa shape index (κ3) is 3.78. The zero-order valence-corrected chi connectivity index (χ0v) is 16.1. The second kappa shape index (κ2) is 7.96. The van der Waals surface area contributed by atoms with E-state index in [0.717, 1.165) is 52.2 Å². The summed E-state index contributed by atoms with van der Waals surface area (Å²) >= 11 is 0. The van der Waals surface area contributed by atoms with Crippen LogP contribution >= 0.6 is 0 Å². The van der Waals surface area contributed by atoms with Crippen LogP contribution in [0.1, 0.15) is 42.4 Å². The van der Waals surface area contributed by atoms with E-state index in [0.29, 0.717) is 18.6 Å². The smallest absolute Gasteiger partial charge is 0.220 e. The van der Waals surface area contributed by atoms with Gasteiger partial charge in [0.05, 0.1) is 38.2 Å². The van der Waals surface area contributed by atoms with Crippen LogP contribution in [0.25, 0.3) is 11.3 Å². The van der Waals surface area contributed by atoms with Gasteiger partial charge in [-0.1, -0.05) is 12.8 Å². The fourth-order valence-electron chi connectivity index (χ4n) is 3.74. The number of pyridine rings is 1. The van der Waals surface area contributed by atoms with Gasteiger partial charge in [-0.2, -0.15) is 0 Å². The van der Waals surface area contributed by atoms with Gasteiger partial charge in [-0.05, 0) is 49.9 Å². The Morgan fingerprint density at radius 2 is 1.81 bits per heavy atom. The molecular weight excluding hydrogens is 328 g/mol. The van der Waals surface area contributed by atoms with E-state index in [1.54, 1.807) is 14.2 Å². The second-order valence-electron chi connectivity index (χ2n) is 6.93. The molecule has 1 aromatic heterocycles. The summed E-state index contributed by atoms with van der Waals surface area (Å²) in [5.41, 5.74) is 11.7. The molecule has 0 unspecified atom stereocenters. The molecule has 0 bridgehead atoms. The van der Waals surface area contributed by atoms with Crippen molar-refractivity contribution in [3.05, 3.63) is 34.9 Å². The zero-order chi connectivity index (χ0) is 18.7. The first-order valence-electron chi connectivity index (χ1n) is 9.14. The van der Waals surface area contributed by atoms with Crippen molar-refractivity contribution >= 4 is 5.69 Å². The van der Waals surface area contributed by atoms with Gasteiger partial charge in [-0.3, -0.25) is 0 Å². The molecule has 3 rings (SSSR count). The fraction of sp³-hybridized carbons (Fsp3) is 0.476. The van der Waals surface area contributed by atoms with Crippen molar-refractivity contribution in [2.75, 3.05) is 20.0 Å². The van der Waals surface area contributed by atoms with Crippen LogP contribution in [0, 0.1) is 13.8 Å². The molecular formula is C21H28N2O3. The predicted octanol–water partition coefficient (Wildman–Crippen LogP) is 4.42. The molecule has 1 aliphatic rings. The topological polar surface area (TPSA) is 66.6 Å². The highest BCUT2D eigenvalue weighted by atomic mass is 16.5. The molecule has 2 N–H and O–H groups in total. The van der Waals surface area contributed by atoms with E-state index in [2.05, 4.69) is 0 Å². The van der Waals surface area contributed by atoms with Crippen molar-refractivity contribution in [3.63, 3.8) is 0 Å². The molecule has 0 aliphatic heterocycles. The number of aromatic nitrogens is 1. The Bertz CT molecular complexity index is 758. The van der Waals surface area contributed by atoms with E-state index in [9.17, 15) is 0 Å². The summed E-state index contributed by atoms with van der Waals surface area (Å²) in [7, 11) is 3.28. The van der Waals surface area contributed by atoms with Crippen molar-refractivity contribution < 1.29 is 14.2 Å². The maximum absolute atomic E-state index is 6.15. The normalized spacial score (nSPS) is 14.6. The maximum Gasteiger partial charge on any atom is 0.220 e. The van der Waals surface area contributed by atoms with E-state index in [4.69, 9.17) is 24.9 Å². The lowest BCUT2D eigenvalue weighted by molar-refractivity contribution is 0.0459. The van der Waals surface area contributed by atoms with Gasteiger partial charge in [0.2, 0.25) is 5.88 Å². The summed E-state index contributed by atoms with van der Waals surface area (Å²) in [6.45, 7) is 4.52. The molecule has 1 heterocycles.